The summed E-state index contributed by atoms with van der Waals surface area (Å²) in [5.41, 5.74) is 7.84. The maximum Gasteiger partial charge on any atom is 0.232 e. The van der Waals surface area contributed by atoms with Crippen molar-refractivity contribution in [1.29, 1.82) is 0 Å². The van der Waals surface area contributed by atoms with E-state index in [0.717, 1.165) is 24.1 Å². The monoisotopic (exact) mass is 369 g/mol. The second kappa shape index (κ2) is 10.4. The van der Waals surface area contributed by atoms with Crippen LogP contribution in [-0.4, -0.2) is 15.0 Å². The number of nitrogens with one attached hydrogen (secondary N) is 1. The zero-order valence-electron chi connectivity index (χ0n) is 15.6. The summed E-state index contributed by atoms with van der Waals surface area (Å²) >= 11 is 0. The largest absolute Gasteiger partial charge is 0.368 e. The summed E-state index contributed by atoms with van der Waals surface area (Å²) in [6.07, 6.45) is 33.7. The van der Waals surface area contributed by atoms with Gasteiger partial charge in [0.1, 0.15) is 0 Å². The van der Waals surface area contributed by atoms with Crippen molar-refractivity contribution in [2.75, 3.05) is 11.1 Å². The van der Waals surface area contributed by atoms with Crippen molar-refractivity contribution in [3.05, 3.63) is 108 Å². The highest BCUT2D eigenvalue weighted by Gasteiger charge is 2.04. The fraction of sp³-hybridized carbons (Fsp3) is 0.0870. The number of allylic oxidation sites excluding steroid dienone is 16. The minimum Gasteiger partial charge on any atom is -0.368 e. The molecule has 28 heavy (non-hydrogen) atoms. The second-order valence-corrected chi connectivity index (χ2v) is 6.05. The molecule has 0 spiro atoms. The highest BCUT2D eigenvalue weighted by molar-refractivity contribution is 5.54. The summed E-state index contributed by atoms with van der Waals surface area (Å²) in [5, 5.41) is 3.20. The SMILES string of the molecule is Nc1nc(/C=C2/C=C/C=C\C=C/C=C\C2)nc(NC2=C/C=C\C\C=C/C=C\2)n1. The molecule has 3 N–H and O–H groups in total. The number of anilines is 2. The Morgan fingerprint density at radius 2 is 1.54 bits per heavy atom. The van der Waals surface area contributed by atoms with E-state index in [4.69, 9.17) is 5.73 Å². The molecule has 0 fully saturated rings. The molecule has 2 aliphatic carbocycles. The quantitative estimate of drug-likeness (QED) is 0.798. The van der Waals surface area contributed by atoms with Gasteiger partial charge in [-0.2, -0.15) is 15.0 Å². The lowest BCUT2D eigenvalue weighted by Crippen LogP contribution is -2.07. The topological polar surface area (TPSA) is 76.7 Å². The van der Waals surface area contributed by atoms with Crippen LogP contribution in [0.3, 0.4) is 0 Å². The van der Waals surface area contributed by atoms with Crippen LogP contribution in [-0.2, 0) is 0 Å². The molecule has 0 bridgehead atoms. The molecule has 5 heteroatoms. The van der Waals surface area contributed by atoms with Gasteiger partial charge >= 0.3 is 0 Å². The zero-order valence-corrected chi connectivity index (χ0v) is 15.6. The van der Waals surface area contributed by atoms with Crippen LogP contribution in [0.1, 0.15) is 18.7 Å². The smallest absolute Gasteiger partial charge is 0.232 e. The molecule has 0 amide bonds. The van der Waals surface area contributed by atoms with Crippen LogP contribution in [0.4, 0.5) is 11.9 Å². The van der Waals surface area contributed by atoms with Crippen molar-refractivity contribution in [2.45, 2.75) is 12.8 Å². The van der Waals surface area contributed by atoms with E-state index in [1.165, 1.54) is 0 Å². The van der Waals surface area contributed by atoms with Gasteiger partial charge in [0.2, 0.25) is 11.9 Å². The van der Waals surface area contributed by atoms with Crippen molar-refractivity contribution >= 4 is 18.0 Å². The molecule has 1 aromatic heterocycles. The van der Waals surface area contributed by atoms with Gasteiger partial charge in [-0.25, -0.2) is 0 Å². The minimum absolute atomic E-state index is 0.176. The lowest BCUT2D eigenvalue weighted by atomic mass is 10.1. The first kappa shape index (κ1) is 19.0. The van der Waals surface area contributed by atoms with Crippen LogP contribution in [0.2, 0.25) is 0 Å². The number of nitrogens with two attached hydrogens (primary N) is 1. The molecule has 3 rings (SSSR count). The molecule has 0 aromatic carbocycles. The third-order valence-corrected chi connectivity index (χ3v) is 3.80. The summed E-state index contributed by atoms with van der Waals surface area (Å²) in [6.45, 7) is 0. The first-order chi connectivity index (χ1) is 13.8. The standard InChI is InChI=1S/C23H23N5/c24-22-26-21(18-19-14-10-6-2-1-3-7-11-15-19)27-23(28-22)25-20-16-12-8-4-5-9-13-17-20/h1-4,6-14,16-18H,5,15H2,(H3,24,25,26,27,28)/b3-1-,6-2-,8-4-,11-7-,13-9-,14-10+,16-12-,19-18-,20-17+. The first-order valence-electron chi connectivity index (χ1n) is 9.15. The Labute approximate surface area is 165 Å². The Kier molecular flexibility index (Phi) is 7.09. The molecular formula is C23H23N5. The lowest BCUT2D eigenvalue weighted by Gasteiger charge is -2.07. The molecule has 0 atom stereocenters. The van der Waals surface area contributed by atoms with E-state index in [-0.39, 0.29) is 5.95 Å². The Morgan fingerprint density at radius 1 is 0.786 bits per heavy atom. The highest BCUT2D eigenvalue weighted by Crippen LogP contribution is 2.14. The van der Waals surface area contributed by atoms with E-state index >= 15 is 0 Å². The van der Waals surface area contributed by atoms with E-state index in [2.05, 4.69) is 38.5 Å². The zero-order chi connectivity index (χ0) is 19.4. The van der Waals surface area contributed by atoms with E-state index < -0.39 is 0 Å². The van der Waals surface area contributed by atoms with E-state index in [0.29, 0.717) is 11.8 Å². The predicted molar refractivity (Wildman–Crippen MR) is 117 cm³/mol. The van der Waals surface area contributed by atoms with Crippen molar-refractivity contribution < 1.29 is 0 Å². The molecule has 0 saturated carbocycles. The molecule has 5 nitrogen and oxygen atoms in total. The summed E-state index contributed by atoms with van der Waals surface area (Å²) in [5.74, 6) is 1.10. The second-order valence-electron chi connectivity index (χ2n) is 6.05. The van der Waals surface area contributed by atoms with E-state index in [1.807, 2.05) is 79.0 Å². The Balaban J connectivity index is 1.84. The number of hydrogen-bond donors (Lipinski definition) is 2. The van der Waals surface area contributed by atoms with Crippen molar-refractivity contribution in [2.24, 2.45) is 0 Å². The van der Waals surface area contributed by atoms with Crippen LogP contribution in [0, 0.1) is 0 Å². The van der Waals surface area contributed by atoms with Gasteiger partial charge in [0, 0.05) is 5.70 Å². The van der Waals surface area contributed by atoms with Crippen LogP contribution >= 0.6 is 0 Å². The number of nitrogens with zero attached hydrogens (tertiary/aromatic N) is 3. The molecule has 1 heterocycles. The highest BCUT2D eigenvalue weighted by atomic mass is 15.2. The van der Waals surface area contributed by atoms with Crippen molar-refractivity contribution in [1.82, 2.24) is 15.0 Å². The van der Waals surface area contributed by atoms with Gasteiger partial charge in [-0.3, -0.25) is 0 Å². The molecule has 2 aliphatic rings. The van der Waals surface area contributed by atoms with E-state index in [9.17, 15) is 0 Å². The van der Waals surface area contributed by atoms with Gasteiger partial charge in [0.15, 0.2) is 5.82 Å². The number of rotatable bonds is 3. The summed E-state index contributed by atoms with van der Waals surface area (Å²) in [6, 6.07) is 0. The van der Waals surface area contributed by atoms with Crippen LogP contribution in [0.25, 0.3) is 6.08 Å². The molecule has 0 unspecified atom stereocenters. The Bertz CT molecular complexity index is 953. The number of hydrogen-bond acceptors (Lipinski definition) is 5. The fourth-order valence-electron chi connectivity index (χ4n) is 2.50. The van der Waals surface area contributed by atoms with E-state index in [1.54, 1.807) is 0 Å². The average molecular weight is 369 g/mol. The minimum atomic E-state index is 0.176. The van der Waals surface area contributed by atoms with Crippen molar-refractivity contribution in [3.63, 3.8) is 0 Å². The Hall–Kier alpha value is -3.73. The third-order valence-electron chi connectivity index (χ3n) is 3.80. The van der Waals surface area contributed by atoms with Crippen LogP contribution in [0.5, 0.6) is 0 Å². The first-order valence-corrected chi connectivity index (χ1v) is 9.15. The van der Waals surface area contributed by atoms with Gasteiger partial charge in [0.25, 0.3) is 0 Å². The predicted octanol–water partition coefficient (Wildman–Crippen LogP) is 4.83. The molecule has 1 aromatic rings. The molecular weight excluding hydrogens is 346 g/mol. The Morgan fingerprint density at radius 3 is 2.46 bits per heavy atom. The van der Waals surface area contributed by atoms with Crippen LogP contribution < -0.4 is 11.1 Å². The van der Waals surface area contributed by atoms with Gasteiger partial charge < -0.3 is 11.1 Å². The van der Waals surface area contributed by atoms with Crippen LogP contribution in [0.15, 0.2) is 102 Å². The van der Waals surface area contributed by atoms with Gasteiger partial charge in [0.05, 0.1) is 0 Å². The number of aromatic nitrogens is 3. The fourth-order valence-corrected chi connectivity index (χ4v) is 2.50. The molecule has 0 aliphatic heterocycles. The maximum absolute atomic E-state index is 5.91. The summed E-state index contributed by atoms with van der Waals surface area (Å²) in [7, 11) is 0. The van der Waals surface area contributed by atoms with Crippen molar-refractivity contribution in [3.8, 4) is 0 Å². The van der Waals surface area contributed by atoms with Gasteiger partial charge in [-0.1, -0.05) is 79.0 Å². The van der Waals surface area contributed by atoms with Gasteiger partial charge in [-0.15, -0.1) is 0 Å². The molecule has 140 valence electrons. The lowest BCUT2D eigenvalue weighted by molar-refractivity contribution is 1.04. The normalized spacial score (nSPS) is 27.7. The van der Waals surface area contributed by atoms with Gasteiger partial charge in [-0.05, 0) is 36.6 Å². The number of nitrogen functional groups attached to an aromatic ring is 1. The third kappa shape index (κ3) is 6.53. The summed E-state index contributed by atoms with van der Waals surface area (Å²) in [4.78, 5) is 13.0. The average Bonchev–Trinajstić information content (AvgIpc) is 2.80. The molecule has 0 radical (unpaired) electrons. The molecule has 0 saturated heterocycles. The summed E-state index contributed by atoms with van der Waals surface area (Å²) < 4.78 is 0. The maximum atomic E-state index is 5.91.